The Morgan fingerprint density at radius 2 is 1.78 bits per heavy atom. The molecule has 0 spiro atoms. The molecule has 0 saturated heterocycles. The van der Waals surface area contributed by atoms with E-state index in [1.54, 1.807) is 7.11 Å². The van der Waals surface area contributed by atoms with Gasteiger partial charge in [-0.05, 0) is 59.2 Å². The number of aliphatic hydroxyl groups excluding tert-OH is 1. The summed E-state index contributed by atoms with van der Waals surface area (Å²) in [6, 6.07) is 20.6. The van der Waals surface area contributed by atoms with Crippen LogP contribution >= 0.6 is 0 Å². The lowest BCUT2D eigenvalue weighted by molar-refractivity contribution is 0.282. The maximum atomic E-state index is 9.24. The Bertz CT molecular complexity index is 814. The zero-order chi connectivity index (χ0) is 16.2. The van der Waals surface area contributed by atoms with Gasteiger partial charge in [-0.2, -0.15) is 0 Å². The van der Waals surface area contributed by atoms with Crippen molar-refractivity contribution in [2.75, 3.05) is 12.4 Å². The van der Waals surface area contributed by atoms with Crippen LogP contribution in [0.5, 0.6) is 5.75 Å². The number of fused-ring (bicyclic) bond motifs is 1. The standard InChI is InChI=1S/C20H21NO2/c1-14(21-19-5-3-4-15(10-19)13-22)16-6-7-18-12-20(23-2)9-8-17(18)11-16/h3-12,14,21-22H,13H2,1-2H3. The van der Waals surface area contributed by atoms with Crippen molar-refractivity contribution in [3.05, 3.63) is 71.8 Å². The minimum atomic E-state index is 0.0573. The summed E-state index contributed by atoms with van der Waals surface area (Å²) in [7, 11) is 1.68. The summed E-state index contributed by atoms with van der Waals surface area (Å²) in [5.74, 6) is 0.872. The van der Waals surface area contributed by atoms with Crippen molar-refractivity contribution in [1.82, 2.24) is 0 Å². The highest BCUT2D eigenvalue weighted by molar-refractivity contribution is 5.84. The molecule has 1 unspecified atom stereocenters. The molecule has 0 heterocycles. The van der Waals surface area contributed by atoms with Crippen LogP contribution in [0.3, 0.4) is 0 Å². The molecule has 3 rings (SSSR count). The Morgan fingerprint density at radius 1 is 1.00 bits per heavy atom. The lowest BCUT2D eigenvalue weighted by Crippen LogP contribution is -2.06. The number of rotatable bonds is 5. The van der Waals surface area contributed by atoms with E-state index in [1.165, 1.54) is 16.3 Å². The number of aliphatic hydroxyl groups is 1. The van der Waals surface area contributed by atoms with Gasteiger partial charge in [-0.25, -0.2) is 0 Å². The van der Waals surface area contributed by atoms with Gasteiger partial charge in [0.25, 0.3) is 0 Å². The van der Waals surface area contributed by atoms with Crippen molar-refractivity contribution in [3.8, 4) is 5.75 Å². The molecule has 0 aliphatic rings. The molecule has 0 bridgehead atoms. The van der Waals surface area contributed by atoms with Gasteiger partial charge in [-0.15, -0.1) is 0 Å². The highest BCUT2D eigenvalue weighted by Crippen LogP contribution is 2.26. The molecule has 3 aromatic carbocycles. The molecular formula is C20H21NO2. The zero-order valence-electron chi connectivity index (χ0n) is 13.4. The van der Waals surface area contributed by atoms with Crippen LogP contribution < -0.4 is 10.1 Å². The van der Waals surface area contributed by atoms with Crippen LogP contribution in [0.15, 0.2) is 60.7 Å². The Balaban J connectivity index is 1.83. The van der Waals surface area contributed by atoms with Gasteiger partial charge in [0, 0.05) is 11.7 Å². The third kappa shape index (κ3) is 3.46. The molecule has 0 aliphatic heterocycles. The molecule has 0 amide bonds. The molecular weight excluding hydrogens is 286 g/mol. The van der Waals surface area contributed by atoms with Crippen LogP contribution in [-0.4, -0.2) is 12.2 Å². The van der Waals surface area contributed by atoms with Crippen molar-refractivity contribution in [3.63, 3.8) is 0 Å². The minimum Gasteiger partial charge on any atom is -0.497 e. The van der Waals surface area contributed by atoms with Crippen molar-refractivity contribution in [2.45, 2.75) is 19.6 Å². The van der Waals surface area contributed by atoms with Gasteiger partial charge in [0.2, 0.25) is 0 Å². The number of anilines is 1. The SMILES string of the molecule is COc1ccc2cc(C(C)Nc3cccc(CO)c3)ccc2c1. The monoisotopic (exact) mass is 307 g/mol. The van der Waals surface area contributed by atoms with E-state index in [-0.39, 0.29) is 12.6 Å². The van der Waals surface area contributed by atoms with Crippen molar-refractivity contribution < 1.29 is 9.84 Å². The zero-order valence-corrected chi connectivity index (χ0v) is 13.4. The first kappa shape index (κ1) is 15.4. The van der Waals surface area contributed by atoms with Gasteiger partial charge in [-0.3, -0.25) is 0 Å². The van der Waals surface area contributed by atoms with Gasteiger partial charge in [-0.1, -0.05) is 30.3 Å². The van der Waals surface area contributed by atoms with E-state index >= 15 is 0 Å². The number of hydrogen-bond donors (Lipinski definition) is 2. The molecule has 3 aromatic rings. The second-order valence-corrected chi connectivity index (χ2v) is 5.70. The van der Waals surface area contributed by atoms with Crippen LogP contribution in [0, 0.1) is 0 Å². The highest BCUT2D eigenvalue weighted by atomic mass is 16.5. The van der Waals surface area contributed by atoms with E-state index in [2.05, 4.69) is 36.5 Å². The molecule has 0 saturated carbocycles. The number of methoxy groups -OCH3 is 1. The van der Waals surface area contributed by atoms with Crippen molar-refractivity contribution >= 4 is 16.5 Å². The summed E-state index contributed by atoms with van der Waals surface area (Å²) >= 11 is 0. The fraction of sp³-hybridized carbons (Fsp3) is 0.200. The lowest BCUT2D eigenvalue weighted by Gasteiger charge is -2.17. The first-order valence-corrected chi connectivity index (χ1v) is 7.73. The fourth-order valence-corrected chi connectivity index (χ4v) is 2.73. The second-order valence-electron chi connectivity index (χ2n) is 5.70. The van der Waals surface area contributed by atoms with Crippen LogP contribution in [0.4, 0.5) is 5.69 Å². The summed E-state index contributed by atoms with van der Waals surface area (Å²) < 4.78 is 5.27. The summed E-state index contributed by atoms with van der Waals surface area (Å²) in [5.41, 5.74) is 3.14. The minimum absolute atomic E-state index is 0.0573. The smallest absolute Gasteiger partial charge is 0.119 e. The van der Waals surface area contributed by atoms with Gasteiger partial charge in [0.1, 0.15) is 5.75 Å². The first-order valence-electron chi connectivity index (χ1n) is 7.73. The molecule has 2 N–H and O–H groups in total. The summed E-state index contributed by atoms with van der Waals surface area (Å²) in [6.45, 7) is 2.19. The molecule has 3 nitrogen and oxygen atoms in total. The van der Waals surface area contributed by atoms with Crippen LogP contribution in [0.25, 0.3) is 10.8 Å². The Hall–Kier alpha value is -2.52. The van der Waals surface area contributed by atoms with Gasteiger partial charge < -0.3 is 15.2 Å². The van der Waals surface area contributed by atoms with Gasteiger partial charge >= 0.3 is 0 Å². The molecule has 23 heavy (non-hydrogen) atoms. The average Bonchev–Trinajstić information content (AvgIpc) is 2.60. The lowest BCUT2D eigenvalue weighted by atomic mass is 10.0. The summed E-state index contributed by atoms with van der Waals surface area (Å²) in [4.78, 5) is 0. The maximum absolute atomic E-state index is 9.24. The predicted octanol–water partition coefficient (Wildman–Crippen LogP) is 4.51. The Kier molecular flexibility index (Phi) is 4.49. The molecule has 1 atom stereocenters. The molecule has 0 aromatic heterocycles. The number of hydrogen-bond acceptors (Lipinski definition) is 3. The first-order chi connectivity index (χ1) is 11.2. The predicted molar refractivity (Wildman–Crippen MR) is 94.9 cm³/mol. The van der Waals surface area contributed by atoms with E-state index in [4.69, 9.17) is 4.74 Å². The molecule has 0 aliphatic carbocycles. The molecule has 3 heteroatoms. The van der Waals surface area contributed by atoms with Crippen molar-refractivity contribution in [1.29, 1.82) is 0 Å². The quantitative estimate of drug-likeness (QED) is 0.728. The Labute approximate surface area is 136 Å². The molecule has 118 valence electrons. The van der Waals surface area contributed by atoms with Crippen LogP contribution in [-0.2, 0) is 6.61 Å². The van der Waals surface area contributed by atoms with Crippen LogP contribution in [0.1, 0.15) is 24.1 Å². The third-order valence-electron chi connectivity index (χ3n) is 4.06. The van der Waals surface area contributed by atoms with E-state index in [0.29, 0.717) is 0 Å². The molecule has 0 fully saturated rings. The average molecular weight is 307 g/mol. The second kappa shape index (κ2) is 6.71. The largest absolute Gasteiger partial charge is 0.497 e. The number of nitrogens with one attached hydrogen (secondary N) is 1. The summed E-state index contributed by atoms with van der Waals surface area (Å²) in [5, 5.41) is 15.1. The molecule has 0 radical (unpaired) electrons. The van der Waals surface area contributed by atoms with Crippen LogP contribution in [0.2, 0.25) is 0 Å². The highest BCUT2D eigenvalue weighted by Gasteiger charge is 2.07. The van der Waals surface area contributed by atoms with E-state index in [1.807, 2.05) is 36.4 Å². The number of benzene rings is 3. The van der Waals surface area contributed by atoms with Crippen molar-refractivity contribution in [2.24, 2.45) is 0 Å². The third-order valence-corrected chi connectivity index (χ3v) is 4.06. The maximum Gasteiger partial charge on any atom is 0.119 e. The van der Waals surface area contributed by atoms with E-state index in [0.717, 1.165) is 17.0 Å². The van der Waals surface area contributed by atoms with Gasteiger partial charge in [0.15, 0.2) is 0 Å². The van der Waals surface area contributed by atoms with Gasteiger partial charge in [0.05, 0.1) is 13.7 Å². The van der Waals surface area contributed by atoms with E-state index < -0.39 is 0 Å². The topological polar surface area (TPSA) is 41.5 Å². The Morgan fingerprint density at radius 3 is 2.57 bits per heavy atom. The summed E-state index contributed by atoms with van der Waals surface area (Å²) in [6.07, 6.45) is 0. The number of ether oxygens (including phenoxy) is 1. The normalized spacial score (nSPS) is 12.1. The fourth-order valence-electron chi connectivity index (χ4n) is 2.73. The van der Waals surface area contributed by atoms with E-state index in [9.17, 15) is 5.11 Å².